The number of nitrogens with zero attached hydrogens (tertiary/aromatic N) is 5. The third kappa shape index (κ3) is 5.94. The molecule has 3 aromatic rings. The van der Waals surface area contributed by atoms with Gasteiger partial charge >= 0.3 is 0 Å². The van der Waals surface area contributed by atoms with Gasteiger partial charge in [-0.2, -0.15) is 15.1 Å². The Labute approximate surface area is 220 Å². The van der Waals surface area contributed by atoms with Gasteiger partial charge < -0.3 is 25.8 Å². The highest BCUT2D eigenvalue weighted by Gasteiger charge is 2.29. The van der Waals surface area contributed by atoms with Crippen LogP contribution in [-0.4, -0.2) is 75.3 Å². The van der Waals surface area contributed by atoms with E-state index in [1.165, 1.54) is 12.1 Å². The number of aryl methyl sites for hydroxylation is 1. The van der Waals surface area contributed by atoms with Crippen molar-refractivity contribution in [3.05, 3.63) is 52.4 Å². The fourth-order valence-corrected chi connectivity index (χ4v) is 5.09. The number of H-pyrrole nitrogens is 1. The van der Waals surface area contributed by atoms with Gasteiger partial charge in [-0.1, -0.05) is 11.6 Å². The van der Waals surface area contributed by atoms with Gasteiger partial charge in [0.1, 0.15) is 17.5 Å². The number of benzene rings is 1. The molecule has 2 aliphatic rings. The van der Waals surface area contributed by atoms with Gasteiger partial charge in [0.15, 0.2) is 5.82 Å². The second kappa shape index (κ2) is 10.5. The van der Waals surface area contributed by atoms with Gasteiger partial charge in [0.25, 0.3) is 5.91 Å². The van der Waals surface area contributed by atoms with E-state index in [1.807, 2.05) is 19.1 Å². The summed E-state index contributed by atoms with van der Waals surface area (Å²) in [5.74, 6) is 1.58. The molecule has 5 rings (SSSR count). The van der Waals surface area contributed by atoms with E-state index in [2.05, 4.69) is 49.9 Å². The molecular weight excluding hydrogens is 497 g/mol. The van der Waals surface area contributed by atoms with E-state index < -0.39 is 5.82 Å². The van der Waals surface area contributed by atoms with Gasteiger partial charge in [-0.3, -0.25) is 9.89 Å². The number of aromatic nitrogens is 4. The summed E-state index contributed by atoms with van der Waals surface area (Å²) < 4.78 is 14.3. The van der Waals surface area contributed by atoms with Crippen LogP contribution in [0.2, 0.25) is 5.02 Å². The molecule has 10 nitrogen and oxygen atoms in total. The molecule has 2 aromatic heterocycles. The second-order valence-corrected chi connectivity index (χ2v) is 10.3. The van der Waals surface area contributed by atoms with Gasteiger partial charge in [0.05, 0.1) is 5.56 Å². The predicted octanol–water partition coefficient (Wildman–Crippen LogP) is 3.56. The summed E-state index contributed by atoms with van der Waals surface area (Å²) in [6, 6.07) is 8.51. The van der Waals surface area contributed by atoms with Crippen LogP contribution in [0.3, 0.4) is 0 Å². The van der Waals surface area contributed by atoms with Crippen LogP contribution in [0.15, 0.2) is 30.3 Å². The Hall–Kier alpha value is -3.44. The molecule has 0 radical (unpaired) electrons. The zero-order chi connectivity index (χ0) is 26.1. The number of amides is 1. The van der Waals surface area contributed by atoms with Crippen molar-refractivity contribution in [3.63, 3.8) is 0 Å². The minimum atomic E-state index is -0.617. The molecule has 3 atom stereocenters. The van der Waals surface area contributed by atoms with Crippen molar-refractivity contribution in [1.82, 2.24) is 30.4 Å². The zero-order valence-corrected chi connectivity index (χ0v) is 21.8. The first-order chi connectivity index (χ1) is 17.7. The lowest BCUT2D eigenvalue weighted by atomic mass is 10.1. The lowest BCUT2D eigenvalue weighted by molar-refractivity contribution is 0.0787. The molecule has 0 aliphatic carbocycles. The van der Waals surface area contributed by atoms with Crippen LogP contribution in [0.1, 0.15) is 36.3 Å². The molecule has 196 valence electrons. The number of likely N-dealkylation sites (tertiary alicyclic amines) is 1. The van der Waals surface area contributed by atoms with E-state index in [0.29, 0.717) is 49.2 Å². The molecule has 0 saturated carbocycles. The van der Waals surface area contributed by atoms with E-state index in [0.717, 1.165) is 30.7 Å². The molecule has 4 heterocycles. The van der Waals surface area contributed by atoms with Crippen LogP contribution < -0.4 is 20.9 Å². The fourth-order valence-electron chi connectivity index (χ4n) is 4.93. The monoisotopic (exact) mass is 527 g/mol. The normalized spacial score (nSPS) is 21.8. The van der Waals surface area contributed by atoms with Crippen molar-refractivity contribution >= 4 is 40.9 Å². The Morgan fingerprint density at radius 3 is 2.59 bits per heavy atom. The minimum Gasteiger partial charge on any atom is -0.353 e. The van der Waals surface area contributed by atoms with Crippen molar-refractivity contribution < 1.29 is 9.18 Å². The number of piperazine rings is 1. The number of carbonyl (C=O) groups is 1. The number of nitrogens with one attached hydrogen (secondary N) is 4. The van der Waals surface area contributed by atoms with Crippen LogP contribution in [0.25, 0.3) is 0 Å². The maximum atomic E-state index is 14.3. The smallest absolute Gasteiger partial charge is 0.256 e. The lowest BCUT2D eigenvalue weighted by Crippen LogP contribution is -2.54. The summed E-state index contributed by atoms with van der Waals surface area (Å²) in [4.78, 5) is 26.3. The molecule has 2 fully saturated rings. The Bertz CT molecular complexity index is 1270. The number of rotatable bonds is 6. The van der Waals surface area contributed by atoms with E-state index in [4.69, 9.17) is 16.6 Å². The highest BCUT2D eigenvalue weighted by molar-refractivity contribution is 6.30. The summed E-state index contributed by atoms with van der Waals surface area (Å²) in [6.45, 7) is 8.80. The number of carbonyl (C=O) groups excluding carboxylic acids is 1. The molecule has 0 bridgehead atoms. The van der Waals surface area contributed by atoms with Gasteiger partial charge in [0.2, 0.25) is 5.95 Å². The standard InChI is InChI=1S/C25H31ClFN9O/c1-14-8-22(34-33-14)30-21-10-23(36-11-15(2)28-16(3)12-36)32-25(31-21)29-18-6-7-35(13-18)24(37)19-5-4-17(26)9-20(19)27/h4-5,8-10,15-16,18,28H,6-7,11-13H2,1-3H3,(H3,29,30,31,32,33,34)/t15-,16+,18-/m0/s1. The number of hydrogen-bond donors (Lipinski definition) is 4. The lowest BCUT2D eigenvalue weighted by Gasteiger charge is -2.37. The quantitative estimate of drug-likeness (QED) is 0.385. The average molecular weight is 528 g/mol. The van der Waals surface area contributed by atoms with Crippen molar-refractivity contribution in [2.24, 2.45) is 0 Å². The van der Waals surface area contributed by atoms with Gasteiger partial charge in [-0.05, 0) is 45.4 Å². The topological polar surface area (TPSA) is 114 Å². The molecule has 12 heteroatoms. The van der Waals surface area contributed by atoms with Gasteiger partial charge in [0, 0.05) is 67.2 Å². The van der Waals surface area contributed by atoms with E-state index in [-0.39, 0.29) is 22.5 Å². The molecule has 2 aliphatic heterocycles. The molecule has 1 amide bonds. The maximum Gasteiger partial charge on any atom is 0.256 e. The first-order valence-corrected chi connectivity index (χ1v) is 12.8. The fraction of sp³-hybridized carbons (Fsp3) is 0.440. The van der Waals surface area contributed by atoms with E-state index in [1.54, 1.807) is 4.90 Å². The van der Waals surface area contributed by atoms with Crippen molar-refractivity contribution in [2.75, 3.05) is 41.7 Å². The third-order valence-electron chi connectivity index (χ3n) is 6.53. The summed E-state index contributed by atoms with van der Waals surface area (Å²) >= 11 is 5.84. The van der Waals surface area contributed by atoms with Crippen molar-refractivity contribution in [3.8, 4) is 0 Å². The largest absolute Gasteiger partial charge is 0.353 e. The molecule has 0 unspecified atom stereocenters. The van der Waals surface area contributed by atoms with Crippen LogP contribution in [0.4, 0.5) is 27.8 Å². The molecule has 2 saturated heterocycles. The summed E-state index contributed by atoms with van der Waals surface area (Å²) in [7, 11) is 0. The minimum absolute atomic E-state index is 0.0195. The average Bonchev–Trinajstić information content (AvgIpc) is 3.46. The van der Waals surface area contributed by atoms with Gasteiger partial charge in [-0.25, -0.2) is 4.39 Å². The number of halogens is 2. The van der Waals surface area contributed by atoms with E-state index in [9.17, 15) is 9.18 Å². The SMILES string of the molecule is Cc1cc(Nc2cc(N3C[C@@H](C)N[C@@H](C)C3)nc(N[C@H]3CCN(C(=O)c4ccc(Cl)cc4F)C3)n2)n[nH]1. The molecule has 1 aromatic carbocycles. The summed E-state index contributed by atoms with van der Waals surface area (Å²) in [6.07, 6.45) is 0.692. The highest BCUT2D eigenvalue weighted by atomic mass is 35.5. The second-order valence-electron chi connectivity index (χ2n) is 9.88. The molecule has 0 spiro atoms. The third-order valence-corrected chi connectivity index (χ3v) is 6.76. The Morgan fingerprint density at radius 1 is 1.11 bits per heavy atom. The maximum absolute atomic E-state index is 14.3. The highest BCUT2D eigenvalue weighted by Crippen LogP contribution is 2.25. The van der Waals surface area contributed by atoms with Crippen LogP contribution in [-0.2, 0) is 0 Å². The molecular formula is C25H31ClFN9O. The first kappa shape index (κ1) is 25.2. The van der Waals surface area contributed by atoms with Crippen molar-refractivity contribution in [1.29, 1.82) is 0 Å². The van der Waals surface area contributed by atoms with Gasteiger partial charge in [-0.15, -0.1) is 0 Å². The Morgan fingerprint density at radius 2 is 1.89 bits per heavy atom. The van der Waals surface area contributed by atoms with E-state index >= 15 is 0 Å². The molecule has 4 N–H and O–H groups in total. The van der Waals surface area contributed by atoms with Crippen LogP contribution in [0.5, 0.6) is 0 Å². The Kier molecular flexibility index (Phi) is 7.16. The van der Waals surface area contributed by atoms with Crippen LogP contribution in [0, 0.1) is 12.7 Å². The first-order valence-electron chi connectivity index (χ1n) is 12.4. The number of hydrogen-bond acceptors (Lipinski definition) is 8. The number of aromatic amines is 1. The Balaban J connectivity index is 1.34. The zero-order valence-electron chi connectivity index (χ0n) is 21.1. The molecule has 37 heavy (non-hydrogen) atoms. The predicted molar refractivity (Wildman–Crippen MR) is 142 cm³/mol. The summed E-state index contributed by atoms with van der Waals surface area (Å²) in [5, 5.41) is 17.6. The number of anilines is 4. The van der Waals surface area contributed by atoms with Crippen LogP contribution >= 0.6 is 11.6 Å². The van der Waals surface area contributed by atoms with Crippen molar-refractivity contribution in [2.45, 2.75) is 45.3 Å². The summed E-state index contributed by atoms with van der Waals surface area (Å²) in [5.41, 5.74) is 0.957.